The van der Waals surface area contributed by atoms with Crippen molar-refractivity contribution < 1.29 is 8.42 Å². The maximum Gasteiger partial charge on any atom is 0.265 e. The lowest BCUT2D eigenvalue weighted by Crippen LogP contribution is -2.27. The number of hydrogen-bond acceptors (Lipinski definition) is 3. The summed E-state index contributed by atoms with van der Waals surface area (Å²) in [7, 11) is -2.09. The summed E-state index contributed by atoms with van der Waals surface area (Å²) in [5, 5.41) is 0. The molecule has 0 unspecified atom stereocenters. The molecule has 2 rings (SSSR count). The molecule has 2 aromatic rings. The van der Waals surface area contributed by atoms with Crippen molar-refractivity contribution in [1.82, 2.24) is 0 Å². The van der Waals surface area contributed by atoms with E-state index in [0.29, 0.717) is 15.8 Å². The SMILES string of the molecule is Cc1cc(C)cc(N(C)S(=O)(=O)c2ccc(N)cc2Br)c1. The summed E-state index contributed by atoms with van der Waals surface area (Å²) in [6.45, 7) is 3.88. The Hall–Kier alpha value is -1.53. The summed E-state index contributed by atoms with van der Waals surface area (Å²) in [5.74, 6) is 0. The average Bonchev–Trinajstić information content (AvgIpc) is 2.36. The van der Waals surface area contributed by atoms with Gasteiger partial charge in [-0.2, -0.15) is 0 Å². The molecule has 0 heterocycles. The van der Waals surface area contributed by atoms with E-state index in [4.69, 9.17) is 5.73 Å². The number of aryl methyl sites for hydroxylation is 2. The van der Waals surface area contributed by atoms with Crippen molar-refractivity contribution in [2.75, 3.05) is 17.1 Å². The van der Waals surface area contributed by atoms with Crippen LogP contribution in [0.15, 0.2) is 45.8 Å². The molecule has 4 nitrogen and oxygen atoms in total. The van der Waals surface area contributed by atoms with E-state index in [1.807, 2.05) is 32.0 Å². The van der Waals surface area contributed by atoms with Crippen molar-refractivity contribution in [2.24, 2.45) is 0 Å². The van der Waals surface area contributed by atoms with Gasteiger partial charge in [0, 0.05) is 17.2 Å². The summed E-state index contributed by atoms with van der Waals surface area (Å²) in [5.41, 5.74) is 8.84. The molecule has 0 atom stereocenters. The van der Waals surface area contributed by atoms with Gasteiger partial charge >= 0.3 is 0 Å². The van der Waals surface area contributed by atoms with E-state index in [1.165, 1.54) is 10.4 Å². The van der Waals surface area contributed by atoms with E-state index in [9.17, 15) is 8.42 Å². The Kier molecular flexibility index (Phi) is 4.30. The molecular formula is C15H17BrN2O2S. The quantitative estimate of drug-likeness (QED) is 0.843. The number of sulfonamides is 1. The van der Waals surface area contributed by atoms with Gasteiger partial charge in [0.05, 0.1) is 5.69 Å². The van der Waals surface area contributed by atoms with Gasteiger partial charge < -0.3 is 5.73 Å². The standard InChI is InChI=1S/C15H17BrN2O2S/c1-10-6-11(2)8-13(7-10)18(3)21(19,20)15-5-4-12(17)9-14(15)16/h4-9H,17H2,1-3H3. The molecule has 112 valence electrons. The highest BCUT2D eigenvalue weighted by molar-refractivity contribution is 9.10. The number of benzene rings is 2. The fourth-order valence-corrected chi connectivity index (χ4v) is 4.38. The second-order valence-corrected chi connectivity index (χ2v) is 7.80. The zero-order valence-electron chi connectivity index (χ0n) is 12.1. The van der Waals surface area contributed by atoms with Gasteiger partial charge in [0.2, 0.25) is 0 Å². The average molecular weight is 369 g/mol. The minimum Gasteiger partial charge on any atom is -0.399 e. The Balaban J connectivity index is 2.52. The molecule has 0 radical (unpaired) electrons. The third-order valence-corrected chi connectivity index (χ3v) is 5.93. The van der Waals surface area contributed by atoms with Crippen LogP contribution in [0, 0.1) is 13.8 Å². The number of nitrogen functional groups attached to an aromatic ring is 1. The number of nitrogens with zero attached hydrogens (tertiary/aromatic N) is 1. The maximum atomic E-state index is 12.7. The van der Waals surface area contributed by atoms with E-state index in [0.717, 1.165) is 11.1 Å². The van der Waals surface area contributed by atoms with Crippen LogP contribution in [0.2, 0.25) is 0 Å². The highest BCUT2D eigenvalue weighted by atomic mass is 79.9. The van der Waals surface area contributed by atoms with Crippen LogP contribution >= 0.6 is 15.9 Å². The van der Waals surface area contributed by atoms with Crippen LogP contribution in [0.3, 0.4) is 0 Å². The molecule has 0 spiro atoms. The molecule has 0 saturated heterocycles. The Bertz CT molecular complexity index is 768. The molecule has 21 heavy (non-hydrogen) atoms. The van der Waals surface area contributed by atoms with E-state index in [1.54, 1.807) is 19.2 Å². The minimum atomic E-state index is -3.64. The fourth-order valence-electron chi connectivity index (χ4n) is 2.15. The molecule has 6 heteroatoms. The van der Waals surface area contributed by atoms with Crippen LogP contribution < -0.4 is 10.0 Å². The van der Waals surface area contributed by atoms with Gasteiger partial charge in [-0.15, -0.1) is 0 Å². The Morgan fingerprint density at radius 2 is 1.62 bits per heavy atom. The number of halogens is 1. The summed E-state index contributed by atoms with van der Waals surface area (Å²) < 4.78 is 27.2. The molecule has 0 amide bonds. The molecule has 0 aliphatic rings. The molecule has 0 saturated carbocycles. The van der Waals surface area contributed by atoms with Crippen molar-refractivity contribution in [3.8, 4) is 0 Å². The van der Waals surface area contributed by atoms with Crippen LogP contribution in [0.5, 0.6) is 0 Å². The highest BCUT2D eigenvalue weighted by Crippen LogP contribution is 2.29. The van der Waals surface area contributed by atoms with Crippen LogP contribution in [0.4, 0.5) is 11.4 Å². The molecule has 0 aromatic heterocycles. The predicted octanol–water partition coefficient (Wildman–Crippen LogP) is 3.47. The monoisotopic (exact) mass is 368 g/mol. The summed E-state index contributed by atoms with van der Waals surface area (Å²) >= 11 is 3.27. The number of rotatable bonds is 3. The fraction of sp³-hybridized carbons (Fsp3) is 0.200. The van der Waals surface area contributed by atoms with E-state index < -0.39 is 10.0 Å². The highest BCUT2D eigenvalue weighted by Gasteiger charge is 2.24. The van der Waals surface area contributed by atoms with Crippen LogP contribution in [0.1, 0.15) is 11.1 Å². The number of nitrogens with two attached hydrogens (primary N) is 1. The number of anilines is 2. The Morgan fingerprint density at radius 1 is 1.05 bits per heavy atom. The lowest BCUT2D eigenvalue weighted by Gasteiger charge is -2.21. The molecule has 2 N–H and O–H groups in total. The minimum absolute atomic E-state index is 0.193. The predicted molar refractivity (Wildman–Crippen MR) is 90.1 cm³/mol. The summed E-state index contributed by atoms with van der Waals surface area (Å²) in [6.07, 6.45) is 0. The zero-order valence-corrected chi connectivity index (χ0v) is 14.5. The zero-order chi connectivity index (χ0) is 15.8. The van der Waals surface area contributed by atoms with Gasteiger partial charge in [-0.05, 0) is 71.2 Å². The van der Waals surface area contributed by atoms with E-state index >= 15 is 0 Å². The Morgan fingerprint density at radius 3 is 2.14 bits per heavy atom. The topological polar surface area (TPSA) is 63.4 Å². The van der Waals surface area contributed by atoms with Gasteiger partial charge in [-0.3, -0.25) is 4.31 Å². The lowest BCUT2D eigenvalue weighted by molar-refractivity contribution is 0.594. The third-order valence-electron chi connectivity index (χ3n) is 3.16. The number of hydrogen-bond donors (Lipinski definition) is 1. The van der Waals surface area contributed by atoms with Crippen molar-refractivity contribution in [3.63, 3.8) is 0 Å². The van der Waals surface area contributed by atoms with Crippen LogP contribution in [-0.2, 0) is 10.0 Å². The van der Waals surface area contributed by atoms with Crippen molar-refractivity contribution in [2.45, 2.75) is 18.7 Å². The van der Waals surface area contributed by atoms with Gasteiger partial charge in [0.1, 0.15) is 4.90 Å². The first-order valence-electron chi connectivity index (χ1n) is 6.34. The van der Waals surface area contributed by atoms with Crippen LogP contribution in [0.25, 0.3) is 0 Å². The summed E-state index contributed by atoms with van der Waals surface area (Å²) in [6, 6.07) is 10.4. The Labute approximate surface area is 133 Å². The largest absolute Gasteiger partial charge is 0.399 e. The second kappa shape index (κ2) is 5.69. The van der Waals surface area contributed by atoms with E-state index in [-0.39, 0.29) is 4.90 Å². The van der Waals surface area contributed by atoms with Gasteiger partial charge in [-0.1, -0.05) is 6.07 Å². The molecule has 0 fully saturated rings. The third kappa shape index (κ3) is 3.22. The second-order valence-electron chi connectivity index (χ2n) is 5.01. The van der Waals surface area contributed by atoms with Crippen molar-refractivity contribution >= 4 is 37.3 Å². The smallest absolute Gasteiger partial charge is 0.265 e. The molecule has 0 aliphatic heterocycles. The lowest BCUT2D eigenvalue weighted by atomic mass is 10.1. The first-order chi connectivity index (χ1) is 9.71. The molecular weight excluding hydrogens is 352 g/mol. The van der Waals surface area contributed by atoms with Crippen LogP contribution in [-0.4, -0.2) is 15.5 Å². The van der Waals surface area contributed by atoms with Gasteiger partial charge in [-0.25, -0.2) is 8.42 Å². The molecule has 2 aromatic carbocycles. The normalized spacial score (nSPS) is 11.4. The van der Waals surface area contributed by atoms with Crippen molar-refractivity contribution in [1.29, 1.82) is 0 Å². The first kappa shape index (κ1) is 15.9. The van der Waals surface area contributed by atoms with E-state index in [2.05, 4.69) is 15.9 Å². The molecule has 0 aliphatic carbocycles. The molecule has 0 bridgehead atoms. The first-order valence-corrected chi connectivity index (χ1v) is 8.57. The summed E-state index contributed by atoms with van der Waals surface area (Å²) in [4.78, 5) is 0.193. The van der Waals surface area contributed by atoms with Gasteiger partial charge in [0.15, 0.2) is 0 Å². The maximum absolute atomic E-state index is 12.7. The van der Waals surface area contributed by atoms with Gasteiger partial charge in [0.25, 0.3) is 10.0 Å². The van der Waals surface area contributed by atoms with Crippen molar-refractivity contribution in [3.05, 3.63) is 52.0 Å².